The molecule has 1 atom stereocenters. The van der Waals surface area contributed by atoms with E-state index in [4.69, 9.17) is 0 Å². The van der Waals surface area contributed by atoms with Gasteiger partial charge in [0, 0.05) is 28.7 Å². The summed E-state index contributed by atoms with van der Waals surface area (Å²) in [5.74, 6) is -1.34. The summed E-state index contributed by atoms with van der Waals surface area (Å²) in [6.45, 7) is 1.51. The summed E-state index contributed by atoms with van der Waals surface area (Å²) in [7, 11) is 1.26. The molecule has 29 heavy (non-hydrogen) atoms. The molecule has 0 radical (unpaired) electrons. The number of aromatic nitrogens is 5. The van der Waals surface area contributed by atoms with E-state index in [1.54, 1.807) is 30.0 Å². The van der Waals surface area contributed by atoms with Gasteiger partial charge in [-0.3, -0.25) is 4.79 Å². The van der Waals surface area contributed by atoms with E-state index in [0.717, 1.165) is 6.20 Å². The fourth-order valence-electron chi connectivity index (χ4n) is 3.20. The highest BCUT2D eigenvalue weighted by Gasteiger charge is 2.18. The second-order valence-electron chi connectivity index (χ2n) is 6.47. The van der Waals surface area contributed by atoms with Crippen LogP contribution in [-0.4, -0.2) is 49.5 Å². The number of aromatic amines is 1. The molecule has 1 amide bonds. The molecule has 4 aromatic rings. The third-order valence-electron chi connectivity index (χ3n) is 4.56. The lowest BCUT2D eigenvalue weighted by atomic mass is 10.1. The monoisotopic (exact) mass is 396 g/mol. The minimum absolute atomic E-state index is 0.0364. The summed E-state index contributed by atoms with van der Waals surface area (Å²) in [6.07, 6.45) is 5.94. The van der Waals surface area contributed by atoms with Gasteiger partial charge in [-0.2, -0.15) is 0 Å². The lowest BCUT2D eigenvalue weighted by Crippen LogP contribution is -2.40. The molecule has 0 bridgehead atoms. The molecule has 0 saturated heterocycles. The number of nitrogens with zero attached hydrogens (tertiary/aromatic N) is 4. The highest BCUT2D eigenvalue weighted by Crippen LogP contribution is 2.31. The van der Waals surface area contributed by atoms with Gasteiger partial charge in [-0.25, -0.2) is 24.1 Å². The predicted molar refractivity (Wildman–Crippen MR) is 102 cm³/mol. The Morgan fingerprint density at radius 3 is 2.93 bits per heavy atom. The lowest BCUT2D eigenvalue weighted by Gasteiger charge is -2.12. The number of fused-ring (bicyclic) bond motifs is 2. The molecule has 10 heteroatoms. The van der Waals surface area contributed by atoms with Crippen LogP contribution in [0.3, 0.4) is 0 Å². The third kappa shape index (κ3) is 3.40. The fourth-order valence-corrected chi connectivity index (χ4v) is 3.20. The number of pyridine rings is 1. The van der Waals surface area contributed by atoms with Crippen LogP contribution in [0.15, 0.2) is 37.1 Å². The number of amides is 1. The maximum atomic E-state index is 13.7. The molecule has 4 aromatic heterocycles. The number of esters is 1. The molecule has 0 aliphatic heterocycles. The summed E-state index contributed by atoms with van der Waals surface area (Å²) >= 11 is 0. The smallest absolute Gasteiger partial charge is 0.328 e. The lowest BCUT2D eigenvalue weighted by molar-refractivity contribution is -0.144. The summed E-state index contributed by atoms with van der Waals surface area (Å²) in [5.41, 5.74) is 2.36. The van der Waals surface area contributed by atoms with Gasteiger partial charge in [0.15, 0.2) is 0 Å². The van der Waals surface area contributed by atoms with Crippen molar-refractivity contribution < 1.29 is 18.7 Å². The van der Waals surface area contributed by atoms with E-state index >= 15 is 0 Å². The largest absolute Gasteiger partial charge is 0.467 e. The zero-order valence-corrected chi connectivity index (χ0v) is 15.6. The maximum Gasteiger partial charge on any atom is 0.328 e. The predicted octanol–water partition coefficient (Wildman–Crippen LogP) is 1.79. The first-order valence-corrected chi connectivity index (χ1v) is 8.78. The van der Waals surface area contributed by atoms with Crippen molar-refractivity contribution in [1.82, 2.24) is 29.8 Å². The maximum absolute atomic E-state index is 13.7. The van der Waals surface area contributed by atoms with Crippen molar-refractivity contribution in [2.75, 3.05) is 7.11 Å². The van der Waals surface area contributed by atoms with Crippen molar-refractivity contribution in [3.8, 4) is 11.3 Å². The Hall–Kier alpha value is -3.82. The van der Waals surface area contributed by atoms with Crippen LogP contribution in [-0.2, 0) is 20.9 Å². The van der Waals surface area contributed by atoms with Gasteiger partial charge in [0.1, 0.15) is 36.0 Å². The standard InChI is InChI=1S/C19H17FN6O3/c1-10(19(28)29-2)25-15(27)8-26-4-3-12-16(23-9-24-18(12)26)14-7-22-17-13(14)5-11(20)6-21-17/h3-7,9-10H,8H2,1-2H3,(H,21,22)(H,25,27)/t10-/m0/s1. The van der Waals surface area contributed by atoms with E-state index in [0.29, 0.717) is 33.3 Å². The molecule has 9 nitrogen and oxygen atoms in total. The number of carbonyl (C=O) groups excluding carboxylic acids is 2. The van der Waals surface area contributed by atoms with E-state index < -0.39 is 17.8 Å². The Morgan fingerprint density at radius 2 is 2.14 bits per heavy atom. The zero-order chi connectivity index (χ0) is 20.5. The summed E-state index contributed by atoms with van der Waals surface area (Å²) in [5, 5.41) is 3.87. The van der Waals surface area contributed by atoms with E-state index in [1.165, 1.54) is 19.5 Å². The molecular formula is C19H17FN6O3. The molecule has 0 aliphatic rings. The van der Waals surface area contributed by atoms with Gasteiger partial charge >= 0.3 is 5.97 Å². The van der Waals surface area contributed by atoms with Gasteiger partial charge in [0.05, 0.1) is 19.0 Å². The molecule has 2 N–H and O–H groups in total. The molecule has 4 heterocycles. The fraction of sp³-hybridized carbons (Fsp3) is 0.211. The van der Waals surface area contributed by atoms with Crippen molar-refractivity contribution in [2.45, 2.75) is 19.5 Å². The SMILES string of the molecule is COC(=O)[C@H](C)NC(=O)Cn1ccc2c(-c3c[nH]c4ncc(F)cc34)ncnc21. The highest BCUT2D eigenvalue weighted by molar-refractivity contribution is 6.01. The molecule has 148 valence electrons. The average molecular weight is 396 g/mol. The number of nitrogens with one attached hydrogen (secondary N) is 2. The normalized spacial score (nSPS) is 12.2. The van der Waals surface area contributed by atoms with Crippen LogP contribution in [0.4, 0.5) is 4.39 Å². The summed E-state index contributed by atoms with van der Waals surface area (Å²) < 4.78 is 19.9. The van der Waals surface area contributed by atoms with Gasteiger partial charge in [0.25, 0.3) is 0 Å². The minimum atomic E-state index is -0.756. The van der Waals surface area contributed by atoms with Crippen LogP contribution >= 0.6 is 0 Å². The van der Waals surface area contributed by atoms with E-state index in [1.807, 2.05) is 0 Å². The second kappa shape index (κ2) is 7.30. The number of ether oxygens (including phenoxy) is 1. The van der Waals surface area contributed by atoms with Crippen molar-refractivity contribution in [1.29, 1.82) is 0 Å². The summed E-state index contributed by atoms with van der Waals surface area (Å²) in [4.78, 5) is 39.4. The van der Waals surface area contributed by atoms with Crippen LogP contribution < -0.4 is 5.32 Å². The Kier molecular flexibility index (Phi) is 4.67. The molecule has 0 fully saturated rings. The van der Waals surface area contributed by atoms with Gasteiger partial charge in [-0.15, -0.1) is 0 Å². The number of rotatable bonds is 5. The first kappa shape index (κ1) is 18.5. The van der Waals surface area contributed by atoms with E-state index in [2.05, 4.69) is 30.0 Å². The quantitative estimate of drug-likeness (QED) is 0.497. The zero-order valence-electron chi connectivity index (χ0n) is 15.6. The average Bonchev–Trinajstić information content (AvgIpc) is 3.31. The topological polar surface area (TPSA) is 115 Å². The Labute approximate surface area is 163 Å². The number of halogens is 1. The molecule has 4 rings (SSSR count). The molecule has 0 aromatic carbocycles. The molecule has 0 aliphatic carbocycles. The van der Waals surface area contributed by atoms with Gasteiger partial charge < -0.3 is 19.6 Å². The van der Waals surface area contributed by atoms with Crippen LogP contribution in [0.2, 0.25) is 0 Å². The third-order valence-corrected chi connectivity index (χ3v) is 4.56. The highest BCUT2D eigenvalue weighted by atomic mass is 19.1. The molecule has 0 saturated carbocycles. The minimum Gasteiger partial charge on any atom is -0.467 e. The summed E-state index contributed by atoms with van der Waals surface area (Å²) in [6, 6.07) is 2.42. The second-order valence-corrected chi connectivity index (χ2v) is 6.47. The number of hydrogen-bond donors (Lipinski definition) is 2. The number of H-pyrrole nitrogens is 1. The first-order chi connectivity index (χ1) is 14.0. The number of hydrogen-bond acceptors (Lipinski definition) is 6. The van der Waals surface area contributed by atoms with Crippen molar-refractivity contribution in [3.05, 3.63) is 42.9 Å². The van der Waals surface area contributed by atoms with Gasteiger partial charge in [0.2, 0.25) is 5.91 Å². The van der Waals surface area contributed by atoms with Crippen molar-refractivity contribution in [2.24, 2.45) is 0 Å². The van der Waals surface area contributed by atoms with Crippen molar-refractivity contribution in [3.63, 3.8) is 0 Å². The van der Waals surface area contributed by atoms with Crippen molar-refractivity contribution >= 4 is 33.9 Å². The van der Waals surface area contributed by atoms with Crippen LogP contribution in [0.25, 0.3) is 33.3 Å². The Bertz CT molecular complexity index is 1230. The number of carbonyl (C=O) groups is 2. The van der Waals surface area contributed by atoms with Crippen LogP contribution in [0.5, 0.6) is 0 Å². The van der Waals surface area contributed by atoms with E-state index in [9.17, 15) is 14.0 Å². The van der Waals surface area contributed by atoms with Gasteiger partial charge in [-0.1, -0.05) is 0 Å². The molecular weight excluding hydrogens is 379 g/mol. The Balaban J connectivity index is 1.67. The van der Waals surface area contributed by atoms with Crippen LogP contribution in [0, 0.1) is 5.82 Å². The first-order valence-electron chi connectivity index (χ1n) is 8.78. The Morgan fingerprint density at radius 1 is 1.31 bits per heavy atom. The molecule has 0 unspecified atom stereocenters. The number of methoxy groups -OCH3 is 1. The van der Waals surface area contributed by atoms with Gasteiger partial charge in [-0.05, 0) is 19.1 Å². The van der Waals surface area contributed by atoms with Crippen LogP contribution in [0.1, 0.15) is 6.92 Å². The molecule has 0 spiro atoms. The van der Waals surface area contributed by atoms with E-state index in [-0.39, 0.29) is 12.5 Å².